The number of amides is 2. The van der Waals surface area contributed by atoms with E-state index in [9.17, 15) is 14.4 Å². The summed E-state index contributed by atoms with van der Waals surface area (Å²) in [5, 5.41) is 0. The van der Waals surface area contributed by atoms with Gasteiger partial charge in [-0.2, -0.15) is 0 Å². The number of carbonyl (C=O) groups excluding carboxylic acids is 3. The maximum Gasteiger partial charge on any atom is 0.338 e. The van der Waals surface area contributed by atoms with Crippen molar-refractivity contribution in [3.63, 3.8) is 0 Å². The Morgan fingerprint density at radius 1 is 1.11 bits per heavy atom. The van der Waals surface area contributed by atoms with E-state index in [1.54, 1.807) is 24.3 Å². The Kier molecular flexibility index (Phi) is 4.86. The quantitative estimate of drug-likeness (QED) is 0.597. The number of nitrogens with one attached hydrogen (secondary N) is 2. The maximum atomic E-state index is 11.5. The van der Waals surface area contributed by atoms with E-state index in [1.165, 1.54) is 6.92 Å². The van der Waals surface area contributed by atoms with Gasteiger partial charge in [0.05, 0.1) is 5.56 Å². The fourth-order valence-corrected chi connectivity index (χ4v) is 1.10. The highest BCUT2D eigenvalue weighted by atomic mass is 16.5. The van der Waals surface area contributed by atoms with Crippen LogP contribution in [0.3, 0.4) is 0 Å². The lowest BCUT2D eigenvalue weighted by Crippen LogP contribution is -2.42. The van der Waals surface area contributed by atoms with Gasteiger partial charge in [-0.05, 0) is 19.1 Å². The number of rotatable bonds is 3. The summed E-state index contributed by atoms with van der Waals surface area (Å²) < 4.78 is 4.76. The second-order valence-electron chi connectivity index (χ2n) is 3.67. The number of hydrazine groups is 1. The van der Waals surface area contributed by atoms with E-state index in [0.29, 0.717) is 5.56 Å². The third-order valence-electron chi connectivity index (χ3n) is 2.00. The number of ether oxygens (including phenoxy) is 1. The molecule has 0 aliphatic heterocycles. The molecule has 0 saturated heterocycles. The van der Waals surface area contributed by atoms with Crippen LogP contribution in [0.25, 0.3) is 0 Å². The van der Waals surface area contributed by atoms with Gasteiger partial charge in [-0.3, -0.25) is 20.4 Å². The van der Waals surface area contributed by atoms with Crippen molar-refractivity contribution in [3.8, 4) is 0 Å². The van der Waals surface area contributed by atoms with E-state index in [4.69, 9.17) is 4.74 Å². The number of esters is 1. The largest absolute Gasteiger partial charge is 0.452 e. The maximum absolute atomic E-state index is 11.5. The summed E-state index contributed by atoms with van der Waals surface area (Å²) in [4.78, 5) is 33.1. The van der Waals surface area contributed by atoms with Gasteiger partial charge in [-0.1, -0.05) is 17.7 Å². The van der Waals surface area contributed by atoms with E-state index < -0.39 is 24.4 Å². The van der Waals surface area contributed by atoms with Crippen molar-refractivity contribution in [1.82, 2.24) is 10.9 Å². The molecule has 0 aromatic heterocycles. The zero-order valence-electron chi connectivity index (χ0n) is 10.1. The van der Waals surface area contributed by atoms with Crippen LogP contribution < -0.4 is 10.9 Å². The third-order valence-corrected chi connectivity index (χ3v) is 2.00. The van der Waals surface area contributed by atoms with Gasteiger partial charge < -0.3 is 4.74 Å². The monoisotopic (exact) mass is 250 g/mol. The molecule has 2 amide bonds. The van der Waals surface area contributed by atoms with Crippen LogP contribution in [0.2, 0.25) is 0 Å². The van der Waals surface area contributed by atoms with Crippen molar-refractivity contribution in [2.45, 2.75) is 13.8 Å². The molecule has 0 aliphatic rings. The topological polar surface area (TPSA) is 84.5 Å². The van der Waals surface area contributed by atoms with Crippen LogP contribution in [0.5, 0.6) is 0 Å². The fourth-order valence-electron chi connectivity index (χ4n) is 1.10. The summed E-state index contributed by atoms with van der Waals surface area (Å²) in [7, 11) is 0. The highest BCUT2D eigenvalue weighted by Gasteiger charge is 2.09. The minimum atomic E-state index is -0.606. The van der Waals surface area contributed by atoms with Gasteiger partial charge in [0, 0.05) is 6.92 Å². The predicted molar refractivity (Wildman–Crippen MR) is 63.4 cm³/mol. The lowest BCUT2D eigenvalue weighted by Gasteiger charge is -2.06. The zero-order chi connectivity index (χ0) is 13.5. The highest BCUT2D eigenvalue weighted by molar-refractivity contribution is 5.91. The van der Waals surface area contributed by atoms with E-state index >= 15 is 0 Å². The summed E-state index contributed by atoms with van der Waals surface area (Å²) in [5.41, 5.74) is 5.56. The molecule has 0 radical (unpaired) electrons. The molecule has 0 atom stereocenters. The molecule has 0 bridgehead atoms. The van der Waals surface area contributed by atoms with Crippen molar-refractivity contribution < 1.29 is 19.1 Å². The summed E-state index contributed by atoms with van der Waals surface area (Å²) in [6.45, 7) is 2.70. The van der Waals surface area contributed by atoms with Gasteiger partial charge in [0.15, 0.2) is 6.61 Å². The smallest absolute Gasteiger partial charge is 0.338 e. The number of hydrogen-bond acceptors (Lipinski definition) is 4. The summed E-state index contributed by atoms with van der Waals surface area (Å²) in [6.07, 6.45) is 0. The van der Waals surface area contributed by atoms with Gasteiger partial charge >= 0.3 is 5.97 Å². The molecular weight excluding hydrogens is 236 g/mol. The van der Waals surface area contributed by atoms with Crippen LogP contribution in [0, 0.1) is 6.92 Å². The first-order valence-electron chi connectivity index (χ1n) is 5.28. The summed E-state index contributed by atoms with van der Waals surface area (Å²) in [6, 6.07) is 6.77. The van der Waals surface area contributed by atoms with Crippen molar-refractivity contribution in [3.05, 3.63) is 35.4 Å². The first-order chi connectivity index (χ1) is 8.49. The van der Waals surface area contributed by atoms with E-state index in [1.807, 2.05) is 6.92 Å². The summed E-state index contributed by atoms with van der Waals surface area (Å²) in [5.74, 6) is -1.60. The molecule has 0 unspecified atom stereocenters. The minimum Gasteiger partial charge on any atom is -0.452 e. The molecular formula is C12H14N2O4. The number of carbonyl (C=O) groups is 3. The van der Waals surface area contributed by atoms with Crippen molar-refractivity contribution in [2.24, 2.45) is 0 Å². The Morgan fingerprint density at radius 3 is 2.28 bits per heavy atom. The SMILES string of the molecule is CC(=O)NNC(=O)COC(=O)c1ccc(C)cc1. The average molecular weight is 250 g/mol. The minimum absolute atomic E-state index is 0.368. The molecule has 0 saturated carbocycles. The van der Waals surface area contributed by atoms with Crippen LogP contribution in [-0.4, -0.2) is 24.4 Å². The first kappa shape index (κ1) is 13.7. The van der Waals surface area contributed by atoms with Gasteiger partial charge in [0.2, 0.25) is 5.91 Å². The average Bonchev–Trinajstić information content (AvgIpc) is 2.34. The van der Waals surface area contributed by atoms with Crippen molar-refractivity contribution >= 4 is 17.8 Å². The van der Waals surface area contributed by atoms with Crippen molar-refractivity contribution in [2.75, 3.05) is 6.61 Å². The number of aryl methyl sites for hydroxylation is 1. The van der Waals surface area contributed by atoms with Crippen molar-refractivity contribution in [1.29, 1.82) is 0 Å². The Bertz CT molecular complexity index is 454. The van der Waals surface area contributed by atoms with Crippen LogP contribution in [0.15, 0.2) is 24.3 Å². The molecule has 0 fully saturated rings. The van der Waals surface area contributed by atoms with Crippen LogP contribution in [-0.2, 0) is 14.3 Å². The van der Waals surface area contributed by atoms with Crippen LogP contribution in [0.1, 0.15) is 22.8 Å². The summed E-state index contributed by atoms with van der Waals surface area (Å²) >= 11 is 0. The molecule has 6 nitrogen and oxygen atoms in total. The lowest BCUT2D eigenvalue weighted by atomic mass is 10.1. The van der Waals surface area contributed by atoms with Crippen LogP contribution >= 0.6 is 0 Å². The van der Waals surface area contributed by atoms with E-state index in [2.05, 4.69) is 10.9 Å². The molecule has 96 valence electrons. The molecule has 1 aromatic carbocycles. The fraction of sp³-hybridized carbons (Fsp3) is 0.250. The molecule has 18 heavy (non-hydrogen) atoms. The van der Waals surface area contributed by atoms with Gasteiger partial charge in [0.1, 0.15) is 0 Å². The molecule has 0 aliphatic carbocycles. The Hall–Kier alpha value is -2.37. The number of benzene rings is 1. The van der Waals surface area contributed by atoms with Gasteiger partial charge in [0.25, 0.3) is 5.91 Å². The second kappa shape index (κ2) is 6.39. The predicted octanol–water partition coefficient (Wildman–Crippen LogP) is 0.319. The first-order valence-corrected chi connectivity index (χ1v) is 5.28. The molecule has 0 spiro atoms. The van der Waals surface area contributed by atoms with E-state index in [-0.39, 0.29) is 0 Å². The molecule has 1 rings (SSSR count). The Morgan fingerprint density at radius 2 is 1.72 bits per heavy atom. The molecule has 0 heterocycles. The third kappa shape index (κ3) is 4.65. The molecule has 6 heteroatoms. The normalized spacial score (nSPS) is 9.44. The van der Waals surface area contributed by atoms with Gasteiger partial charge in [-0.15, -0.1) is 0 Å². The van der Waals surface area contributed by atoms with Crippen LogP contribution in [0.4, 0.5) is 0 Å². The second-order valence-corrected chi connectivity index (χ2v) is 3.67. The van der Waals surface area contributed by atoms with E-state index in [0.717, 1.165) is 5.56 Å². The highest BCUT2D eigenvalue weighted by Crippen LogP contribution is 2.04. The Balaban J connectivity index is 2.39. The molecule has 2 N–H and O–H groups in total. The Labute approximate surface area is 104 Å². The number of hydrogen-bond donors (Lipinski definition) is 2. The standard InChI is InChI=1S/C12H14N2O4/c1-8-3-5-10(6-4-8)12(17)18-7-11(16)14-13-9(2)15/h3-6H,7H2,1-2H3,(H,13,15)(H,14,16). The molecule has 1 aromatic rings. The van der Waals surface area contributed by atoms with Gasteiger partial charge in [-0.25, -0.2) is 4.79 Å². The zero-order valence-corrected chi connectivity index (χ0v) is 10.1. The lowest BCUT2D eigenvalue weighted by molar-refractivity contribution is -0.129.